The molecular formula is C14H26ClN3O. The molecule has 0 aromatic carbocycles. The molecule has 0 aliphatic carbocycles. The van der Waals surface area contributed by atoms with Crippen molar-refractivity contribution < 1.29 is 5.11 Å². The van der Waals surface area contributed by atoms with E-state index >= 15 is 0 Å². The molecule has 0 saturated carbocycles. The molecule has 2 N–H and O–H groups in total. The van der Waals surface area contributed by atoms with Crippen LogP contribution >= 0.6 is 11.6 Å². The highest BCUT2D eigenvalue weighted by Gasteiger charge is 2.25. The Morgan fingerprint density at radius 1 is 1.32 bits per heavy atom. The van der Waals surface area contributed by atoms with E-state index in [9.17, 15) is 5.11 Å². The summed E-state index contributed by atoms with van der Waals surface area (Å²) in [7, 11) is 0. The summed E-state index contributed by atoms with van der Waals surface area (Å²) in [6, 6.07) is 0. The number of aliphatic hydroxyl groups excluding tert-OH is 1. The number of hydrogen-bond acceptors (Lipinski definition) is 3. The normalized spacial score (nSPS) is 12.1. The highest BCUT2D eigenvalue weighted by atomic mass is 35.5. The highest BCUT2D eigenvalue weighted by Crippen LogP contribution is 2.25. The molecule has 0 aliphatic heterocycles. The van der Waals surface area contributed by atoms with Crippen LogP contribution in [0, 0.1) is 12.3 Å². The summed E-state index contributed by atoms with van der Waals surface area (Å²) in [6.45, 7) is 10.7. The molecule has 0 unspecified atom stereocenters. The van der Waals surface area contributed by atoms with Crippen molar-refractivity contribution in [2.45, 2.75) is 53.6 Å². The van der Waals surface area contributed by atoms with E-state index in [4.69, 9.17) is 11.6 Å². The van der Waals surface area contributed by atoms with Crippen molar-refractivity contribution >= 4 is 11.6 Å². The number of halogens is 1. The lowest BCUT2D eigenvalue weighted by atomic mass is 9.83. The van der Waals surface area contributed by atoms with Gasteiger partial charge in [-0.1, -0.05) is 25.4 Å². The van der Waals surface area contributed by atoms with Gasteiger partial charge in [0.15, 0.2) is 0 Å². The predicted octanol–water partition coefficient (Wildman–Crippen LogP) is 2.75. The predicted molar refractivity (Wildman–Crippen MR) is 79.5 cm³/mol. The largest absolute Gasteiger partial charge is 0.396 e. The first-order chi connectivity index (χ1) is 9.03. The molecule has 0 atom stereocenters. The van der Waals surface area contributed by atoms with Gasteiger partial charge >= 0.3 is 0 Å². The number of rotatable bonds is 8. The molecule has 0 saturated heterocycles. The molecule has 1 heterocycles. The number of aliphatic hydroxyl groups is 1. The number of nitrogens with zero attached hydrogens (tertiary/aromatic N) is 2. The van der Waals surface area contributed by atoms with Crippen molar-refractivity contribution in [3.8, 4) is 0 Å². The van der Waals surface area contributed by atoms with Crippen molar-refractivity contribution in [2.75, 3.05) is 13.2 Å². The zero-order chi connectivity index (χ0) is 14.5. The molecule has 0 bridgehead atoms. The van der Waals surface area contributed by atoms with E-state index in [1.165, 1.54) is 0 Å². The van der Waals surface area contributed by atoms with E-state index in [-0.39, 0.29) is 12.0 Å². The molecule has 19 heavy (non-hydrogen) atoms. The Hall–Kier alpha value is -0.580. The fraction of sp³-hybridized carbons (Fsp3) is 0.786. The van der Waals surface area contributed by atoms with Crippen molar-refractivity contribution in [2.24, 2.45) is 5.41 Å². The molecule has 4 nitrogen and oxygen atoms in total. The zero-order valence-electron chi connectivity index (χ0n) is 12.5. The van der Waals surface area contributed by atoms with Crippen LogP contribution in [-0.4, -0.2) is 28.0 Å². The summed E-state index contributed by atoms with van der Waals surface area (Å²) >= 11 is 6.27. The van der Waals surface area contributed by atoms with Crippen LogP contribution in [0.4, 0.5) is 0 Å². The summed E-state index contributed by atoms with van der Waals surface area (Å²) in [5.41, 5.74) is 1.87. The van der Waals surface area contributed by atoms with Crippen LogP contribution in [0.3, 0.4) is 0 Å². The lowest BCUT2D eigenvalue weighted by Crippen LogP contribution is -2.36. The van der Waals surface area contributed by atoms with Crippen LogP contribution in [0.1, 0.15) is 45.0 Å². The topological polar surface area (TPSA) is 50.1 Å². The monoisotopic (exact) mass is 287 g/mol. The second-order valence-electron chi connectivity index (χ2n) is 5.13. The summed E-state index contributed by atoms with van der Waals surface area (Å²) in [4.78, 5) is 0. The van der Waals surface area contributed by atoms with Gasteiger partial charge in [0.05, 0.1) is 16.4 Å². The molecule has 0 radical (unpaired) electrons. The fourth-order valence-electron chi connectivity index (χ4n) is 2.26. The van der Waals surface area contributed by atoms with Gasteiger partial charge in [-0.2, -0.15) is 5.10 Å². The Morgan fingerprint density at radius 3 is 2.42 bits per heavy atom. The second kappa shape index (κ2) is 7.27. The SMILES string of the molecule is CCn1nc(C)c(Cl)c1CNCC(CC)(CC)CO. The van der Waals surface area contributed by atoms with Crippen LogP contribution in [0.15, 0.2) is 0 Å². The third-order valence-corrected chi connectivity index (χ3v) is 4.57. The third kappa shape index (κ3) is 3.71. The first kappa shape index (κ1) is 16.5. The minimum absolute atomic E-state index is 0.0292. The lowest BCUT2D eigenvalue weighted by Gasteiger charge is -2.29. The summed E-state index contributed by atoms with van der Waals surface area (Å²) in [5.74, 6) is 0. The van der Waals surface area contributed by atoms with Gasteiger partial charge in [-0.3, -0.25) is 4.68 Å². The van der Waals surface area contributed by atoms with Crippen molar-refractivity contribution in [1.29, 1.82) is 0 Å². The minimum atomic E-state index is -0.0292. The Morgan fingerprint density at radius 2 is 1.95 bits per heavy atom. The molecule has 5 heteroatoms. The van der Waals surface area contributed by atoms with E-state index in [0.29, 0.717) is 6.54 Å². The standard InChI is InChI=1S/C14H26ClN3O/c1-5-14(6-2,10-19)9-16-8-12-13(15)11(4)17-18(12)7-3/h16,19H,5-10H2,1-4H3. The Kier molecular flexibility index (Phi) is 6.30. The average molecular weight is 288 g/mol. The maximum atomic E-state index is 9.55. The van der Waals surface area contributed by atoms with Gasteiger partial charge in [0.25, 0.3) is 0 Å². The quantitative estimate of drug-likeness (QED) is 0.773. The fourth-order valence-corrected chi connectivity index (χ4v) is 2.47. The van der Waals surface area contributed by atoms with E-state index < -0.39 is 0 Å². The van der Waals surface area contributed by atoms with Crippen LogP contribution in [0.25, 0.3) is 0 Å². The van der Waals surface area contributed by atoms with E-state index in [1.807, 2.05) is 11.6 Å². The zero-order valence-corrected chi connectivity index (χ0v) is 13.2. The molecular weight excluding hydrogens is 262 g/mol. The summed E-state index contributed by atoms with van der Waals surface area (Å²) in [5, 5.41) is 18.1. The van der Waals surface area contributed by atoms with Gasteiger partial charge in [-0.25, -0.2) is 0 Å². The van der Waals surface area contributed by atoms with E-state index in [2.05, 4.69) is 31.2 Å². The number of hydrogen-bond donors (Lipinski definition) is 2. The Balaban J connectivity index is 2.67. The average Bonchev–Trinajstić information content (AvgIpc) is 2.71. The van der Waals surface area contributed by atoms with Gasteiger partial charge in [-0.05, 0) is 26.7 Å². The van der Waals surface area contributed by atoms with Crippen LogP contribution in [0.5, 0.6) is 0 Å². The first-order valence-electron chi connectivity index (χ1n) is 7.06. The Labute approximate surface area is 121 Å². The minimum Gasteiger partial charge on any atom is -0.396 e. The van der Waals surface area contributed by atoms with Crippen molar-refractivity contribution in [3.05, 3.63) is 16.4 Å². The summed E-state index contributed by atoms with van der Waals surface area (Å²) < 4.78 is 1.93. The molecule has 1 aromatic heterocycles. The smallest absolute Gasteiger partial charge is 0.0860 e. The van der Waals surface area contributed by atoms with Gasteiger partial charge in [0.2, 0.25) is 0 Å². The van der Waals surface area contributed by atoms with Gasteiger partial charge in [0.1, 0.15) is 0 Å². The van der Waals surface area contributed by atoms with Gasteiger partial charge in [-0.15, -0.1) is 0 Å². The molecule has 0 fully saturated rings. The number of aromatic nitrogens is 2. The van der Waals surface area contributed by atoms with Crippen LogP contribution < -0.4 is 5.32 Å². The van der Waals surface area contributed by atoms with Crippen LogP contribution in [-0.2, 0) is 13.1 Å². The third-order valence-electron chi connectivity index (χ3n) is 4.08. The molecule has 0 aliphatic rings. The molecule has 0 spiro atoms. The Bertz CT molecular complexity index is 391. The maximum absolute atomic E-state index is 9.55. The van der Waals surface area contributed by atoms with E-state index in [1.54, 1.807) is 0 Å². The van der Waals surface area contributed by atoms with Crippen LogP contribution in [0.2, 0.25) is 5.02 Å². The van der Waals surface area contributed by atoms with Crippen molar-refractivity contribution in [3.63, 3.8) is 0 Å². The lowest BCUT2D eigenvalue weighted by molar-refractivity contribution is 0.112. The van der Waals surface area contributed by atoms with E-state index in [0.717, 1.165) is 42.3 Å². The second-order valence-corrected chi connectivity index (χ2v) is 5.51. The van der Waals surface area contributed by atoms with Gasteiger partial charge in [0, 0.05) is 31.7 Å². The van der Waals surface area contributed by atoms with Gasteiger partial charge < -0.3 is 10.4 Å². The molecule has 0 amide bonds. The molecule has 110 valence electrons. The first-order valence-corrected chi connectivity index (χ1v) is 7.44. The highest BCUT2D eigenvalue weighted by molar-refractivity contribution is 6.31. The maximum Gasteiger partial charge on any atom is 0.0860 e. The van der Waals surface area contributed by atoms with Crippen molar-refractivity contribution in [1.82, 2.24) is 15.1 Å². The number of aryl methyl sites for hydroxylation is 2. The summed E-state index contributed by atoms with van der Waals surface area (Å²) in [6.07, 6.45) is 1.93. The molecule has 1 rings (SSSR count). The number of nitrogens with one attached hydrogen (secondary N) is 1. The molecule has 1 aromatic rings.